The fraction of sp³-hybridized carbons (Fsp3) is 0.296. The summed E-state index contributed by atoms with van der Waals surface area (Å²) < 4.78 is 6.00. The lowest BCUT2D eigenvalue weighted by molar-refractivity contribution is 0.0973. The lowest BCUT2D eigenvalue weighted by Gasteiger charge is -2.32. The number of halogens is 2. The fourth-order valence-electron chi connectivity index (χ4n) is 4.36. The van der Waals surface area contributed by atoms with Crippen LogP contribution in [-0.4, -0.2) is 18.4 Å². The van der Waals surface area contributed by atoms with Gasteiger partial charge in [0.05, 0.1) is 16.7 Å². The van der Waals surface area contributed by atoms with Crippen molar-refractivity contribution in [3.8, 4) is 5.75 Å². The third-order valence-corrected chi connectivity index (χ3v) is 6.87. The van der Waals surface area contributed by atoms with Crippen LogP contribution in [0.4, 0.5) is 0 Å². The zero-order valence-corrected chi connectivity index (χ0v) is 19.4. The summed E-state index contributed by atoms with van der Waals surface area (Å²) in [6.45, 7) is 0.501. The van der Waals surface area contributed by atoms with Gasteiger partial charge in [0.1, 0.15) is 5.75 Å². The molecule has 0 aromatic heterocycles. The van der Waals surface area contributed by atoms with Crippen LogP contribution in [0.25, 0.3) is 0 Å². The van der Waals surface area contributed by atoms with Crippen LogP contribution in [-0.2, 0) is 12.8 Å². The summed E-state index contributed by atoms with van der Waals surface area (Å²) in [6, 6.07) is 21.5. The molecule has 5 heteroatoms. The highest BCUT2D eigenvalue weighted by molar-refractivity contribution is 6.42. The van der Waals surface area contributed by atoms with E-state index in [0.717, 1.165) is 36.1 Å². The normalized spacial score (nSPS) is 17.6. The van der Waals surface area contributed by atoms with E-state index in [1.807, 2.05) is 54.6 Å². The second kappa shape index (κ2) is 10.5. The van der Waals surface area contributed by atoms with Crippen LogP contribution in [0.2, 0.25) is 10.0 Å². The monoisotopic (exact) mass is 467 g/mol. The van der Waals surface area contributed by atoms with Gasteiger partial charge in [0.2, 0.25) is 0 Å². The summed E-state index contributed by atoms with van der Waals surface area (Å²) in [5.74, 6) is 1.16. The lowest BCUT2D eigenvalue weighted by Crippen LogP contribution is -2.34. The van der Waals surface area contributed by atoms with Gasteiger partial charge in [-0.2, -0.15) is 0 Å². The summed E-state index contributed by atoms with van der Waals surface area (Å²) in [4.78, 5) is 12.3. The van der Waals surface area contributed by atoms with Gasteiger partial charge in [-0.05, 0) is 66.6 Å². The molecule has 0 aliphatic heterocycles. The number of fused-ring (bicyclic) bond motifs is 1. The average molecular weight is 468 g/mol. The molecule has 2 unspecified atom stereocenters. The summed E-state index contributed by atoms with van der Waals surface area (Å²) in [5, 5.41) is 1.13. The van der Waals surface area contributed by atoms with Crippen LogP contribution >= 0.6 is 23.2 Å². The van der Waals surface area contributed by atoms with Crippen molar-refractivity contribution in [1.29, 1.82) is 0 Å². The Bertz CT molecular complexity index is 1080. The Morgan fingerprint density at radius 2 is 1.81 bits per heavy atom. The first-order chi connectivity index (χ1) is 15.5. The topological polar surface area (TPSA) is 52.3 Å². The standard InChI is InChI=1S/C27H27Cl2NO2/c28-24-12-8-18(16-25(24)29)15-23-22-17-21(11-9-19(22)10-13-26(23)30)32-14-4-7-27(31)20-5-2-1-3-6-20/h1-3,5-6,8-9,11-12,16-17,23,26H,4,7,10,13-15,30H2. The first kappa shape index (κ1) is 22.8. The number of rotatable bonds is 8. The Labute approximate surface area is 199 Å². The molecule has 0 amide bonds. The molecule has 3 aromatic rings. The minimum Gasteiger partial charge on any atom is -0.494 e. The summed E-state index contributed by atoms with van der Waals surface area (Å²) >= 11 is 12.3. The van der Waals surface area contributed by atoms with Crippen molar-refractivity contribution >= 4 is 29.0 Å². The Balaban J connectivity index is 1.40. The van der Waals surface area contributed by atoms with Gasteiger partial charge in [-0.3, -0.25) is 4.79 Å². The van der Waals surface area contributed by atoms with Crippen molar-refractivity contribution in [2.24, 2.45) is 5.73 Å². The number of nitrogens with two attached hydrogens (primary N) is 1. The first-order valence-corrected chi connectivity index (χ1v) is 11.8. The Hall–Kier alpha value is -2.33. The Morgan fingerprint density at radius 3 is 2.59 bits per heavy atom. The molecule has 0 saturated heterocycles. The van der Waals surface area contributed by atoms with E-state index < -0.39 is 0 Å². The van der Waals surface area contributed by atoms with Crippen LogP contribution in [0.5, 0.6) is 5.75 Å². The molecule has 2 atom stereocenters. The Kier molecular flexibility index (Phi) is 7.51. The number of benzene rings is 3. The van der Waals surface area contributed by atoms with E-state index in [-0.39, 0.29) is 17.7 Å². The molecular formula is C27H27Cl2NO2. The van der Waals surface area contributed by atoms with E-state index in [0.29, 0.717) is 29.5 Å². The fourth-order valence-corrected chi connectivity index (χ4v) is 4.68. The molecule has 0 saturated carbocycles. The molecule has 1 aliphatic carbocycles. The smallest absolute Gasteiger partial charge is 0.163 e. The van der Waals surface area contributed by atoms with E-state index in [1.54, 1.807) is 0 Å². The Morgan fingerprint density at radius 1 is 1.00 bits per heavy atom. The van der Waals surface area contributed by atoms with E-state index in [4.69, 9.17) is 33.7 Å². The van der Waals surface area contributed by atoms with Gasteiger partial charge in [0.25, 0.3) is 0 Å². The van der Waals surface area contributed by atoms with Gasteiger partial charge >= 0.3 is 0 Å². The summed E-state index contributed by atoms with van der Waals surface area (Å²) in [6.07, 6.45) is 3.89. The largest absolute Gasteiger partial charge is 0.494 e. The van der Waals surface area contributed by atoms with Gasteiger partial charge in [-0.25, -0.2) is 0 Å². The van der Waals surface area contributed by atoms with Crippen molar-refractivity contribution in [1.82, 2.24) is 0 Å². The van der Waals surface area contributed by atoms with Gasteiger partial charge in [-0.1, -0.05) is 65.7 Å². The number of hydrogen-bond donors (Lipinski definition) is 1. The highest BCUT2D eigenvalue weighted by atomic mass is 35.5. The van der Waals surface area contributed by atoms with E-state index >= 15 is 0 Å². The predicted molar refractivity (Wildman–Crippen MR) is 131 cm³/mol. The highest BCUT2D eigenvalue weighted by Crippen LogP contribution is 2.36. The van der Waals surface area contributed by atoms with Crippen molar-refractivity contribution in [3.63, 3.8) is 0 Å². The molecule has 0 bridgehead atoms. The number of hydrogen-bond acceptors (Lipinski definition) is 3. The van der Waals surface area contributed by atoms with Crippen LogP contribution in [0.1, 0.15) is 52.2 Å². The lowest BCUT2D eigenvalue weighted by atomic mass is 9.76. The maximum absolute atomic E-state index is 12.3. The van der Waals surface area contributed by atoms with Gasteiger partial charge < -0.3 is 10.5 Å². The average Bonchev–Trinajstić information content (AvgIpc) is 2.81. The van der Waals surface area contributed by atoms with Crippen molar-refractivity contribution < 1.29 is 9.53 Å². The van der Waals surface area contributed by atoms with Crippen LogP contribution in [0, 0.1) is 0 Å². The molecule has 3 aromatic carbocycles. The van der Waals surface area contributed by atoms with Gasteiger partial charge in [0, 0.05) is 23.9 Å². The van der Waals surface area contributed by atoms with Crippen LogP contribution in [0.3, 0.4) is 0 Å². The van der Waals surface area contributed by atoms with E-state index in [9.17, 15) is 4.79 Å². The van der Waals surface area contributed by atoms with Crippen molar-refractivity contribution in [2.75, 3.05) is 6.61 Å². The zero-order valence-electron chi connectivity index (χ0n) is 17.9. The third kappa shape index (κ3) is 5.53. The number of aryl methyl sites for hydroxylation is 1. The van der Waals surface area contributed by atoms with E-state index in [1.165, 1.54) is 11.1 Å². The minimum absolute atomic E-state index is 0.0793. The quantitative estimate of drug-likeness (QED) is 0.298. The SMILES string of the molecule is NC1CCc2ccc(OCCCC(=O)c3ccccc3)cc2C1Cc1ccc(Cl)c(Cl)c1. The first-order valence-electron chi connectivity index (χ1n) is 11.0. The molecule has 4 rings (SSSR count). The molecule has 0 fully saturated rings. The number of ether oxygens (including phenoxy) is 1. The van der Waals surface area contributed by atoms with Crippen molar-refractivity contribution in [3.05, 3.63) is 99.0 Å². The molecule has 3 nitrogen and oxygen atoms in total. The highest BCUT2D eigenvalue weighted by Gasteiger charge is 2.28. The number of ketones is 1. The maximum Gasteiger partial charge on any atom is 0.163 e. The summed E-state index contributed by atoms with van der Waals surface area (Å²) in [5.41, 5.74) is 11.0. The molecule has 32 heavy (non-hydrogen) atoms. The molecule has 0 radical (unpaired) electrons. The molecule has 0 spiro atoms. The molecule has 1 aliphatic rings. The van der Waals surface area contributed by atoms with Crippen LogP contribution in [0.15, 0.2) is 66.7 Å². The number of carbonyl (C=O) groups excluding carboxylic acids is 1. The van der Waals surface area contributed by atoms with Crippen LogP contribution < -0.4 is 10.5 Å². The predicted octanol–water partition coefficient (Wildman–Crippen LogP) is 6.64. The van der Waals surface area contributed by atoms with E-state index in [2.05, 4.69) is 12.1 Å². The van der Waals surface area contributed by atoms with Gasteiger partial charge in [-0.15, -0.1) is 0 Å². The molecule has 2 N–H and O–H groups in total. The summed E-state index contributed by atoms with van der Waals surface area (Å²) in [7, 11) is 0. The number of Topliss-reactive ketones (excluding diaryl/α,β-unsaturated/α-hetero) is 1. The maximum atomic E-state index is 12.3. The molecule has 166 valence electrons. The second-order valence-corrected chi connectivity index (χ2v) is 9.18. The molecular weight excluding hydrogens is 441 g/mol. The third-order valence-electron chi connectivity index (χ3n) is 6.13. The zero-order chi connectivity index (χ0) is 22.5. The molecule has 0 heterocycles. The number of carbonyl (C=O) groups is 1. The van der Waals surface area contributed by atoms with Crippen molar-refractivity contribution in [2.45, 2.75) is 44.1 Å². The minimum atomic E-state index is 0.0793. The van der Waals surface area contributed by atoms with Gasteiger partial charge in [0.15, 0.2) is 5.78 Å². The second-order valence-electron chi connectivity index (χ2n) is 8.36.